The maximum absolute atomic E-state index is 10.2. The standard InChI is InChI=1S/C7H14O.Na/c1-3-4-5-6-7(2)8;/h8H,2-6H2,1H3;/q;+1/p-1. The molecule has 0 saturated heterocycles. The number of hydrogen-bond donors (Lipinski definition) is 0. The minimum Gasteiger partial charge on any atom is -0.876 e. The van der Waals surface area contributed by atoms with Crippen molar-refractivity contribution in [1.29, 1.82) is 0 Å². The van der Waals surface area contributed by atoms with Crippen LogP contribution in [0.1, 0.15) is 32.6 Å². The molecule has 0 spiro atoms. The zero-order valence-corrected chi connectivity index (χ0v) is 8.44. The molecule has 0 unspecified atom stereocenters. The molecule has 0 radical (unpaired) electrons. The molecule has 0 amide bonds. The maximum Gasteiger partial charge on any atom is 1.00 e. The first kappa shape index (κ1) is 12.2. The van der Waals surface area contributed by atoms with E-state index in [1.165, 1.54) is 6.42 Å². The van der Waals surface area contributed by atoms with Gasteiger partial charge in [-0.2, -0.15) is 0 Å². The summed E-state index contributed by atoms with van der Waals surface area (Å²) in [5, 5.41) is 10.2. The van der Waals surface area contributed by atoms with Crippen molar-refractivity contribution in [2.24, 2.45) is 0 Å². The molecule has 48 valence electrons. The van der Waals surface area contributed by atoms with Crippen molar-refractivity contribution < 1.29 is 34.7 Å². The van der Waals surface area contributed by atoms with E-state index in [1.807, 2.05) is 0 Å². The quantitative estimate of drug-likeness (QED) is 0.260. The summed E-state index contributed by atoms with van der Waals surface area (Å²) in [6.07, 6.45) is 4.00. The van der Waals surface area contributed by atoms with Crippen LogP contribution in [-0.2, 0) is 0 Å². The molecule has 0 aliphatic rings. The fraction of sp³-hybridized carbons (Fsp3) is 0.714. The second-order valence-electron chi connectivity index (χ2n) is 2.00. The number of unbranched alkanes of at least 4 members (excludes halogenated alkanes) is 2. The van der Waals surface area contributed by atoms with Crippen LogP contribution in [0.5, 0.6) is 0 Å². The summed E-state index contributed by atoms with van der Waals surface area (Å²) in [5.74, 6) is 0.0680. The summed E-state index contributed by atoms with van der Waals surface area (Å²) in [5.41, 5.74) is 0. The topological polar surface area (TPSA) is 23.1 Å². The summed E-state index contributed by atoms with van der Waals surface area (Å²) in [6, 6.07) is 0. The van der Waals surface area contributed by atoms with Crippen LogP contribution >= 0.6 is 0 Å². The largest absolute Gasteiger partial charge is 1.00 e. The average molecular weight is 136 g/mol. The number of allylic oxidation sites excluding steroid dienone is 1. The van der Waals surface area contributed by atoms with Gasteiger partial charge in [0.05, 0.1) is 0 Å². The van der Waals surface area contributed by atoms with Crippen molar-refractivity contribution in [2.75, 3.05) is 0 Å². The van der Waals surface area contributed by atoms with Crippen LogP contribution in [0, 0.1) is 0 Å². The van der Waals surface area contributed by atoms with Crippen molar-refractivity contribution in [1.82, 2.24) is 0 Å². The Bertz CT molecular complexity index is 71.3. The van der Waals surface area contributed by atoms with Gasteiger partial charge in [-0.3, -0.25) is 0 Å². The fourth-order valence-electron chi connectivity index (χ4n) is 0.572. The molecule has 0 atom stereocenters. The number of hydrogen-bond acceptors (Lipinski definition) is 1. The zero-order chi connectivity index (χ0) is 6.41. The first-order valence-electron chi connectivity index (χ1n) is 3.12. The Hall–Kier alpha value is 0.540. The van der Waals surface area contributed by atoms with Gasteiger partial charge in [-0.1, -0.05) is 26.2 Å². The molecule has 0 N–H and O–H groups in total. The third kappa shape index (κ3) is 11.9. The van der Waals surface area contributed by atoms with Gasteiger partial charge in [-0.15, -0.1) is 12.3 Å². The van der Waals surface area contributed by atoms with Crippen LogP contribution in [0.3, 0.4) is 0 Å². The van der Waals surface area contributed by atoms with Crippen molar-refractivity contribution in [3.05, 3.63) is 12.3 Å². The van der Waals surface area contributed by atoms with Crippen LogP contribution in [0.4, 0.5) is 0 Å². The summed E-state index contributed by atoms with van der Waals surface area (Å²) < 4.78 is 0. The van der Waals surface area contributed by atoms with E-state index in [4.69, 9.17) is 0 Å². The van der Waals surface area contributed by atoms with Gasteiger partial charge in [0.15, 0.2) is 0 Å². The van der Waals surface area contributed by atoms with Crippen molar-refractivity contribution in [3.8, 4) is 0 Å². The Balaban J connectivity index is 0. The summed E-state index contributed by atoms with van der Waals surface area (Å²) in [6.45, 7) is 5.39. The fourth-order valence-corrected chi connectivity index (χ4v) is 0.572. The third-order valence-corrected chi connectivity index (χ3v) is 1.06. The van der Waals surface area contributed by atoms with E-state index in [0.717, 1.165) is 12.8 Å². The van der Waals surface area contributed by atoms with Crippen molar-refractivity contribution in [3.63, 3.8) is 0 Å². The second kappa shape index (κ2) is 8.54. The summed E-state index contributed by atoms with van der Waals surface area (Å²) in [7, 11) is 0. The summed E-state index contributed by atoms with van der Waals surface area (Å²) in [4.78, 5) is 0. The molecule has 2 heteroatoms. The number of rotatable bonds is 4. The molecule has 9 heavy (non-hydrogen) atoms. The normalized spacial score (nSPS) is 8.11. The molecule has 0 bridgehead atoms. The van der Waals surface area contributed by atoms with E-state index in [9.17, 15) is 5.11 Å². The van der Waals surface area contributed by atoms with Gasteiger partial charge in [0.1, 0.15) is 0 Å². The van der Waals surface area contributed by atoms with Crippen LogP contribution in [0.25, 0.3) is 0 Å². The Morgan fingerprint density at radius 1 is 1.44 bits per heavy atom. The predicted molar refractivity (Wildman–Crippen MR) is 33.3 cm³/mol. The Morgan fingerprint density at radius 3 is 2.33 bits per heavy atom. The first-order valence-corrected chi connectivity index (χ1v) is 3.12. The van der Waals surface area contributed by atoms with Gasteiger partial charge < -0.3 is 5.11 Å². The first-order chi connectivity index (χ1) is 3.77. The molecule has 0 aliphatic carbocycles. The van der Waals surface area contributed by atoms with E-state index in [1.54, 1.807) is 0 Å². The van der Waals surface area contributed by atoms with E-state index in [-0.39, 0.29) is 35.3 Å². The minimum atomic E-state index is 0. The van der Waals surface area contributed by atoms with Gasteiger partial charge in [-0.25, -0.2) is 0 Å². The van der Waals surface area contributed by atoms with Crippen LogP contribution in [-0.4, -0.2) is 0 Å². The Morgan fingerprint density at radius 2 is 2.00 bits per heavy atom. The van der Waals surface area contributed by atoms with E-state index in [0.29, 0.717) is 6.42 Å². The summed E-state index contributed by atoms with van der Waals surface area (Å²) >= 11 is 0. The van der Waals surface area contributed by atoms with E-state index < -0.39 is 0 Å². The molecular weight excluding hydrogens is 123 g/mol. The minimum absolute atomic E-state index is 0. The monoisotopic (exact) mass is 136 g/mol. The molecule has 0 aromatic heterocycles. The molecule has 0 fully saturated rings. The van der Waals surface area contributed by atoms with E-state index in [2.05, 4.69) is 13.5 Å². The SMILES string of the molecule is C=C([O-])CCCCC.[Na+]. The average Bonchev–Trinajstić information content (AvgIpc) is 1.66. The molecule has 0 rings (SSSR count). The maximum atomic E-state index is 10.2. The van der Waals surface area contributed by atoms with E-state index >= 15 is 0 Å². The van der Waals surface area contributed by atoms with Crippen LogP contribution in [0.2, 0.25) is 0 Å². The second-order valence-corrected chi connectivity index (χ2v) is 2.00. The molecule has 1 nitrogen and oxygen atoms in total. The molecule has 0 heterocycles. The Labute approximate surface area is 79.4 Å². The van der Waals surface area contributed by atoms with Gasteiger partial charge >= 0.3 is 29.6 Å². The smallest absolute Gasteiger partial charge is 0.876 e. The third-order valence-electron chi connectivity index (χ3n) is 1.06. The van der Waals surface area contributed by atoms with Crippen LogP contribution in [0.15, 0.2) is 12.3 Å². The molecule has 0 aliphatic heterocycles. The van der Waals surface area contributed by atoms with Gasteiger partial charge in [-0.05, 0) is 6.42 Å². The van der Waals surface area contributed by atoms with Crippen molar-refractivity contribution >= 4 is 0 Å². The van der Waals surface area contributed by atoms with Gasteiger partial charge in [0.25, 0.3) is 0 Å². The Kier molecular flexibility index (Phi) is 11.6. The molecular formula is C7H13NaO. The van der Waals surface area contributed by atoms with Crippen LogP contribution < -0.4 is 34.7 Å². The molecule has 0 aromatic rings. The zero-order valence-electron chi connectivity index (χ0n) is 6.44. The van der Waals surface area contributed by atoms with Crippen molar-refractivity contribution in [2.45, 2.75) is 32.6 Å². The molecule has 0 aromatic carbocycles. The van der Waals surface area contributed by atoms with Gasteiger partial charge in [0, 0.05) is 0 Å². The van der Waals surface area contributed by atoms with Gasteiger partial charge in [0.2, 0.25) is 0 Å². The predicted octanol–water partition coefficient (Wildman–Crippen LogP) is -1.56. The molecule has 0 saturated carbocycles.